The second-order valence-corrected chi connectivity index (χ2v) is 4.93. The van der Waals surface area contributed by atoms with Crippen molar-refractivity contribution in [3.05, 3.63) is 29.6 Å². The number of rotatable bonds is 3. The topological polar surface area (TPSA) is 58.3 Å². The van der Waals surface area contributed by atoms with Gasteiger partial charge in [-0.1, -0.05) is 6.07 Å². The fourth-order valence-corrected chi connectivity index (χ4v) is 1.29. The Balaban J connectivity index is 2.66. The van der Waals surface area contributed by atoms with Gasteiger partial charge >= 0.3 is 0 Å². The van der Waals surface area contributed by atoms with Crippen molar-refractivity contribution in [3.8, 4) is 0 Å². The van der Waals surface area contributed by atoms with E-state index in [1.165, 1.54) is 12.1 Å². The maximum absolute atomic E-state index is 12.9. The Morgan fingerprint density at radius 3 is 2.56 bits per heavy atom. The first-order valence-corrected chi connectivity index (χ1v) is 5.27. The van der Waals surface area contributed by atoms with E-state index in [2.05, 4.69) is 5.32 Å². The molecule has 1 unspecified atom stereocenters. The third kappa shape index (κ3) is 3.79. The second kappa shape index (κ2) is 4.80. The molecule has 0 heterocycles. The van der Waals surface area contributed by atoms with E-state index in [0.717, 1.165) is 0 Å². The molecule has 0 aliphatic rings. The number of halogens is 1. The molecule has 1 rings (SSSR count). The lowest BCUT2D eigenvalue weighted by Crippen LogP contribution is -2.38. The van der Waals surface area contributed by atoms with Crippen LogP contribution in [0.25, 0.3) is 0 Å². The summed E-state index contributed by atoms with van der Waals surface area (Å²) < 4.78 is 12.9. The van der Waals surface area contributed by atoms with E-state index >= 15 is 0 Å². The van der Waals surface area contributed by atoms with Crippen LogP contribution < -0.4 is 11.1 Å². The third-order valence-corrected chi connectivity index (χ3v) is 2.23. The maximum atomic E-state index is 12.9. The van der Waals surface area contributed by atoms with Gasteiger partial charge in [0, 0.05) is 12.1 Å². The van der Waals surface area contributed by atoms with Crippen LogP contribution in [-0.2, 0) is 0 Å². The molecule has 0 bridgehead atoms. The van der Waals surface area contributed by atoms with Crippen LogP contribution >= 0.6 is 0 Å². The highest BCUT2D eigenvalue weighted by atomic mass is 19.1. The van der Waals surface area contributed by atoms with Gasteiger partial charge < -0.3 is 16.2 Å². The van der Waals surface area contributed by atoms with Crippen molar-refractivity contribution in [2.45, 2.75) is 32.4 Å². The molecular formula is C12H19FN2O. The zero-order valence-corrected chi connectivity index (χ0v) is 9.92. The van der Waals surface area contributed by atoms with Crippen molar-refractivity contribution >= 4 is 5.69 Å². The zero-order valence-electron chi connectivity index (χ0n) is 9.92. The third-order valence-electron chi connectivity index (χ3n) is 2.23. The van der Waals surface area contributed by atoms with Crippen LogP contribution in [0.5, 0.6) is 0 Å². The molecule has 0 radical (unpaired) electrons. The van der Waals surface area contributed by atoms with Crippen molar-refractivity contribution in [2.24, 2.45) is 0 Å². The molecule has 0 aromatic heterocycles. The van der Waals surface area contributed by atoms with Crippen LogP contribution in [0, 0.1) is 5.82 Å². The Morgan fingerprint density at radius 1 is 1.44 bits per heavy atom. The molecule has 90 valence electrons. The molecule has 0 saturated heterocycles. The average molecular weight is 226 g/mol. The molecule has 0 saturated carbocycles. The fraction of sp³-hybridized carbons (Fsp3) is 0.500. The SMILES string of the molecule is CC(C)(C)NCC(O)c1ccc(F)c(N)c1. The Kier molecular flexibility index (Phi) is 3.88. The summed E-state index contributed by atoms with van der Waals surface area (Å²) in [5.74, 6) is -0.459. The highest BCUT2D eigenvalue weighted by molar-refractivity contribution is 5.43. The number of hydrogen-bond acceptors (Lipinski definition) is 3. The quantitative estimate of drug-likeness (QED) is 0.689. The Bertz CT molecular complexity index is 361. The highest BCUT2D eigenvalue weighted by Gasteiger charge is 2.14. The molecular weight excluding hydrogens is 207 g/mol. The molecule has 0 fully saturated rings. The monoisotopic (exact) mass is 226 g/mol. The fourth-order valence-electron chi connectivity index (χ4n) is 1.29. The minimum Gasteiger partial charge on any atom is -0.396 e. The van der Waals surface area contributed by atoms with Crippen molar-refractivity contribution in [3.63, 3.8) is 0 Å². The number of β-amino-alcohol motifs (C(OH)–C–C–N with tert-alkyl or cyclic N) is 1. The van der Waals surface area contributed by atoms with Crippen LogP contribution in [0.3, 0.4) is 0 Å². The van der Waals surface area contributed by atoms with Gasteiger partial charge in [-0.2, -0.15) is 0 Å². The van der Waals surface area contributed by atoms with Gasteiger partial charge in [-0.05, 0) is 38.5 Å². The summed E-state index contributed by atoms with van der Waals surface area (Å²) in [5.41, 5.74) is 6.05. The van der Waals surface area contributed by atoms with Crippen LogP contribution in [0.15, 0.2) is 18.2 Å². The number of benzene rings is 1. The number of hydrogen-bond donors (Lipinski definition) is 3. The van der Waals surface area contributed by atoms with Crippen molar-refractivity contribution in [1.82, 2.24) is 5.32 Å². The van der Waals surface area contributed by atoms with E-state index in [9.17, 15) is 9.50 Å². The number of anilines is 1. The number of nitrogens with two attached hydrogens (primary N) is 1. The Labute approximate surface area is 95.5 Å². The number of nitrogens with one attached hydrogen (secondary N) is 1. The van der Waals surface area contributed by atoms with Crippen molar-refractivity contribution in [2.75, 3.05) is 12.3 Å². The molecule has 3 nitrogen and oxygen atoms in total. The molecule has 0 spiro atoms. The first-order valence-electron chi connectivity index (χ1n) is 5.27. The highest BCUT2D eigenvalue weighted by Crippen LogP contribution is 2.18. The lowest BCUT2D eigenvalue weighted by Gasteiger charge is -2.23. The first-order chi connectivity index (χ1) is 7.29. The summed E-state index contributed by atoms with van der Waals surface area (Å²) >= 11 is 0. The van der Waals surface area contributed by atoms with Crippen molar-refractivity contribution in [1.29, 1.82) is 0 Å². The molecule has 0 aliphatic carbocycles. The minimum absolute atomic E-state index is 0.0623. The molecule has 1 aromatic rings. The second-order valence-electron chi connectivity index (χ2n) is 4.93. The Morgan fingerprint density at radius 2 is 2.06 bits per heavy atom. The maximum Gasteiger partial charge on any atom is 0.146 e. The standard InChI is InChI=1S/C12H19FN2O/c1-12(2,3)15-7-11(16)8-4-5-9(13)10(14)6-8/h4-6,11,15-16H,7,14H2,1-3H3. The molecule has 4 N–H and O–H groups in total. The van der Waals surface area contributed by atoms with Gasteiger partial charge in [0.15, 0.2) is 0 Å². The summed E-state index contributed by atoms with van der Waals surface area (Å²) in [7, 11) is 0. The first kappa shape index (κ1) is 12.9. The molecule has 1 aromatic carbocycles. The van der Waals surface area contributed by atoms with Crippen LogP contribution in [0.1, 0.15) is 32.4 Å². The van der Waals surface area contributed by atoms with E-state index < -0.39 is 11.9 Å². The van der Waals surface area contributed by atoms with Crippen molar-refractivity contribution < 1.29 is 9.50 Å². The lowest BCUT2D eigenvalue weighted by atomic mass is 10.1. The van der Waals surface area contributed by atoms with E-state index in [1.807, 2.05) is 20.8 Å². The summed E-state index contributed by atoms with van der Waals surface area (Å²) in [6, 6.07) is 4.27. The van der Waals surface area contributed by atoms with E-state index in [4.69, 9.17) is 5.73 Å². The van der Waals surface area contributed by atoms with Crippen LogP contribution in [0.4, 0.5) is 10.1 Å². The summed E-state index contributed by atoms with van der Waals surface area (Å²) in [6.07, 6.45) is -0.679. The number of aliphatic hydroxyl groups excluding tert-OH is 1. The molecule has 0 amide bonds. The van der Waals surface area contributed by atoms with Gasteiger partial charge in [0.25, 0.3) is 0 Å². The zero-order chi connectivity index (χ0) is 12.3. The van der Waals surface area contributed by atoms with Gasteiger partial charge in [-0.15, -0.1) is 0 Å². The Hall–Kier alpha value is -1.13. The normalized spacial score (nSPS) is 13.8. The largest absolute Gasteiger partial charge is 0.396 e. The summed E-state index contributed by atoms with van der Waals surface area (Å²) in [4.78, 5) is 0. The lowest BCUT2D eigenvalue weighted by molar-refractivity contribution is 0.163. The summed E-state index contributed by atoms with van der Waals surface area (Å²) in [5, 5.41) is 13.0. The van der Waals surface area contributed by atoms with Gasteiger partial charge in [-0.25, -0.2) is 4.39 Å². The van der Waals surface area contributed by atoms with Gasteiger partial charge in [0.05, 0.1) is 11.8 Å². The van der Waals surface area contributed by atoms with Gasteiger partial charge in [0.2, 0.25) is 0 Å². The molecule has 0 aliphatic heterocycles. The average Bonchev–Trinajstić information content (AvgIpc) is 2.17. The van der Waals surface area contributed by atoms with Gasteiger partial charge in [-0.3, -0.25) is 0 Å². The summed E-state index contributed by atoms with van der Waals surface area (Å²) in [6.45, 7) is 6.45. The van der Waals surface area contributed by atoms with E-state index in [0.29, 0.717) is 12.1 Å². The smallest absolute Gasteiger partial charge is 0.146 e. The molecule has 4 heteroatoms. The predicted molar refractivity (Wildman–Crippen MR) is 63.5 cm³/mol. The van der Waals surface area contributed by atoms with Crippen LogP contribution in [0.2, 0.25) is 0 Å². The van der Waals surface area contributed by atoms with E-state index in [-0.39, 0.29) is 11.2 Å². The van der Waals surface area contributed by atoms with E-state index in [1.54, 1.807) is 6.07 Å². The minimum atomic E-state index is -0.679. The van der Waals surface area contributed by atoms with Gasteiger partial charge in [0.1, 0.15) is 5.82 Å². The molecule has 1 atom stereocenters. The van der Waals surface area contributed by atoms with Crippen LogP contribution in [-0.4, -0.2) is 17.2 Å². The molecule has 16 heavy (non-hydrogen) atoms. The number of aliphatic hydroxyl groups is 1. The number of nitrogen functional groups attached to an aromatic ring is 1. The predicted octanol–water partition coefficient (Wildman–Crippen LogP) is 1.83.